The molecule has 7 nitrogen and oxygen atoms in total. The fourth-order valence-corrected chi connectivity index (χ4v) is 5.04. The maximum atomic E-state index is 6.40. The van der Waals surface area contributed by atoms with Crippen LogP contribution >= 0.6 is 0 Å². The van der Waals surface area contributed by atoms with E-state index in [1.165, 1.54) is 0 Å². The summed E-state index contributed by atoms with van der Waals surface area (Å²) >= 11 is 0. The minimum atomic E-state index is -0.651. The van der Waals surface area contributed by atoms with Crippen LogP contribution in [0.5, 0.6) is 0 Å². The van der Waals surface area contributed by atoms with Crippen LogP contribution in [-0.4, -0.2) is 38.6 Å². The van der Waals surface area contributed by atoms with E-state index >= 15 is 0 Å². The molecule has 7 heteroatoms. The molecule has 174 valence electrons. The quantitative estimate of drug-likeness (QED) is 0.432. The van der Waals surface area contributed by atoms with E-state index in [9.17, 15) is 0 Å². The lowest BCUT2D eigenvalue weighted by molar-refractivity contribution is -0.194. The molecule has 0 aliphatic carbocycles. The molecule has 0 unspecified atom stereocenters. The van der Waals surface area contributed by atoms with Gasteiger partial charge >= 0.3 is 0 Å². The first kappa shape index (κ1) is 21.3. The summed E-state index contributed by atoms with van der Waals surface area (Å²) in [5.41, 5.74) is 3.89. The Morgan fingerprint density at radius 3 is 2.32 bits per heavy atom. The Balaban J connectivity index is 1.55. The zero-order valence-corrected chi connectivity index (χ0v) is 19.7. The van der Waals surface area contributed by atoms with Crippen molar-refractivity contribution in [2.45, 2.75) is 58.0 Å². The summed E-state index contributed by atoms with van der Waals surface area (Å²) in [7, 11) is 0. The molecule has 1 N–H and O–H groups in total. The number of para-hydroxylation sites is 1. The van der Waals surface area contributed by atoms with Gasteiger partial charge in [0.15, 0.2) is 12.0 Å². The Bertz CT molecular complexity index is 1340. The van der Waals surface area contributed by atoms with Gasteiger partial charge in [0.2, 0.25) is 0 Å². The second kappa shape index (κ2) is 7.91. The lowest BCUT2D eigenvalue weighted by Gasteiger charge is -2.24. The van der Waals surface area contributed by atoms with Gasteiger partial charge < -0.3 is 24.1 Å². The van der Waals surface area contributed by atoms with Crippen LogP contribution in [0.3, 0.4) is 0 Å². The number of benzene rings is 2. The third-order valence-electron chi connectivity index (χ3n) is 6.44. The van der Waals surface area contributed by atoms with Crippen molar-refractivity contribution >= 4 is 22.5 Å². The highest BCUT2D eigenvalue weighted by molar-refractivity contribution is 6.02. The molecule has 0 saturated carbocycles. The van der Waals surface area contributed by atoms with Gasteiger partial charge in [-0.05, 0) is 45.4 Å². The lowest BCUT2D eigenvalue weighted by atomic mass is 10.1. The van der Waals surface area contributed by atoms with Gasteiger partial charge in [-0.1, -0.05) is 48.5 Å². The first-order valence-corrected chi connectivity index (χ1v) is 11.7. The Labute approximate surface area is 198 Å². The van der Waals surface area contributed by atoms with E-state index in [0.29, 0.717) is 5.82 Å². The van der Waals surface area contributed by atoms with Crippen LogP contribution in [0.4, 0.5) is 11.5 Å². The molecule has 0 spiro atoms. The molecule has 2 aromatic carbocycles. The van der Waals surface area contributed by atoms with Crippen LogP contribution < -0.4 is 5.32 Å². The number of rotatable bonds is 4. The highest BCUT2D eigenvalue weighted by atomic mass is 16.8. The predicted octanol–water partition coefficient (Wildman–Crippen LogP) is 5.59. The van der Waals surface area contributed by atoms with Crippen molar-refractivity contribution in [2.24, 2.45) is 0 Å². The average molecular weight is 457 g/mol. The smallest absolute Gasteiger partial charge is 0.164 e. The summed E-state index contributed by atoms with van der Waals surface area (Å²) in [4.78, 5) is 9.67. The number of nitrogens with zero attached hydrogens (tertiary/aromatic N) is 3. The van der Waals surface area contributed by atoms with Crippen LogP contribution in [0, 0.1) is 6.92 Å². The van der Waals surface area contributed by atoms with Gasteiger partial charge in [0, 0.05) is 17.4 Å². The summed E-state index contributed by atoms with van der Waals surface area (Å²) in [5, 5.41) is 4.45. The molecular formula is C27H28N4O3. The number of aromatic nitrogens is 3. The maximum absolute atomic E-state index is 6.40. The van der Waals surface area contributed by atoms with E-state index in [1.54, 1.807) is 0 Å². The number of hydrogen-bond donors (Lipinski definition) is 1. The summed E-state index contributed by atoms with van der Waals surface area (Å²) in [6.07, 6.45) is 1.28. The molecule has 2 aromatic heterocycles. The molecule has 2 fully saturated rings. The number of aryl methyl sites for hydroxylation is 1. The van der Waals surface area contributed by atoms with E-state index in [0.717, 1.165) is 33.7 Å². The van der Waals surface area contributed by atoms with Crippen LogP contribution in [-0.2, 0) is 14.2 Å². The first-order chi connectivity index (χ1) is 16.4. The van der Waals surface area contributed by atoms with Gasteiger partial charge in [-0.2, -0.15) is 0 Å². The second-order valence-corrected chi connectivity index (χ2v) is 9.42. The van der Waals surface area contributed by atoms with Crippen molar-refractivity contribution in [1.29, 1.82) is 0 Å². The fourth-order valence-electron chi connectivity index (χ4n) is 5.04. The van der Waals surface area contributed by atoms with E-state index in [2.05, 4.69) is 28.2 Å². The Morgan fingerprint density at radius 2 is 1.59 bits per heavy atom. The summed E-state index contributed by atoms with van der Waals surface area (Å²) in [6, 6.07) is 20.4. The van der Waals surface area contributed by atoms with E-state index in [4.69, 9.17) is 24.2 Å². The van der Waals surface area contributed by atoms with Crippen molar-refractivity contribution < 1.29 is 14.2 Å². The fraction of sp³-hybridized carbons (Fsp3) is 0.333. The van der Waals surface area contributed by atoms with Gasteiger partial charge in [0.05, 0.1) is 11.5 Å². The standard InChI is InChI=1S/C27H28N4O3/c1-16-22-23(34-27(3,4)33-22)26(32-16)31-15-20(18-11-7-5-8-12-18)21-24(28-17(2)29-25(21)31)30-19-13-9-6-10-14-19/h5-16,22-23,26H,1-4H3,(H,28,29,30)/t16-,22-,23-,26-/m1/s1. The minimum absolute atomic E-state index is 0.0979. The third-order valence-corrected chi connectivity index (χ3v) is 6.44. The monoisotopic (exact) mass is 456 g/mol. The average Bonchev–Trinajstić information content (AvgIpc) is 3.44. The highest BCUT2D eigenvalue weighted by Crippen LogP contribution is 2.45. The zero-order chi connectivity index (χ0) is 23.4. The Kier molecular flexibility index (Phi) is 4.95. The van der Waals surface area contributed by atoms with Crippen LogP contribution in [0.2, 0.25) is 0 Å². The van der Waals surface area contributed by atoms with Crippen LogP contribution in [0.1, 0.15) is 32.8 Å². The lowest BCUT2D eigenvalue weighted by Crippen LogP contribution is -2.27. The number of hydrogen-bond acceptors (Lipinski definition) is 6. The normalized spacial score (nSPS) is 25.5. The van der Waals surface area contributed by atoms with Gasteiger partial charge in [-0.25, -0.2) is 9.97 Å². The van der Waals surface area contributed by atoms with Crippen molar-refractivity contribution in [3.8, 4) is 11.1 Å². The summed E-state index contributed by atoms with van der Waals surface area (Å²) in [5.74, 6) is 0.788. The highest BCUT2D eigenvalue weighted by Gasteiger charge is 2.54. The largest absolute Gasteiger partial charge is 0.349 e. The number of fused-ring (bicyclic) bond motifs is 2. The third kappa shape index (κ3) is 3.57. The molecule has 0 radical (unpaired) electrons. The second-order valence-electron chi connectivity index (χ2n) is 9.42. The van der Waals surface area contributed by atoms with Gasteiger partial charge in [-0.3, -0.25) is 0 Å². The number of nitrogens with one attached hydrogen (secondary N) is 1. The molecule has 0 bridgehead atoms. The van der Waals surface area contributed by atoms with Gasteiger partial charge in [0.1, 0.15) is 29.5 Å². The summed E-state index contributed by atoms with van der Waals surface area (Å²) in [6.45, 7) is 7.85. The molecule has 4 heterocycles. The molecule has 4 atom stereocenters. The van der Waals surface area contributed by atoms with Crippen molar-refractivity contribution in [2.75, 3.05) is 5.32 Å². The molecule has 2 aliphatic rings. The van der Waals surface area contributed by atoms with Crippen molar-refractivity contribution in [3.63, 3.8) is 0 Å². The molecule has 34 heavy (non-hydrogen) atoms. The van der Waals surface area contributed by atoms with Gasteiger partial charge in [-0.15, -0.1) is 0 Å². The number of anilines is 2. The minimum Gasteiger partial charge on any atom is -0.349 e. The first-order valence-electron chi connectivity index (χ1n) is 11.7. The predicted molar refractivity (Wildman–Crippen MR) is 131 cm³/mol. The topological polar surface area (TPSA) is 70.4 Å². The van der Waals surface area contributed by atoms with Crippen LogP contribution in [0.25, 0.3) is 22.2 Å². The molecule has 0 amide bonds. The van der Waals surface area contributed by atoms with Crippen LogP contribution in [0.15, 0.2) is 66.9 Å². The molecular weight excluding hydrogens is 428 g/mol. The van der Waals surface area contributed by atoms with E-state index in [1.807, 2.05) is 76.2 Å². The van der Waals surface area contributed by atoms with Gasteiger partial charge in [0.25, 0.3) is 0 Å². The van der Waals surface area contributed by atoms with E-state index < -0.39 is 5.79 Å². The Hall–Kier alpha value is -3.26. The molecule has 2 aliphatic heterocycles. The molecule has 4 aromatic rings. The van der Waals surface area contributed by atoms with Crippen molar-refractivity contribution in [3.05, 3.63) is 72.7 Å². The zero-order valence-electron chi connectivity index (χ0n) is 19.7. The maximum Gasteiger partial charge on any atom is 0.164 e. The van der Waals surface area contributed by atoms with E-state index in [-0.39, 0.29) is 24.5 Å². The number of ether oxygens (including phenoxy) is 3. The molecule has 2 saturated heterocycles. The summed E-state index contributed by atoms with van der Waals surface area (Å²) < 4.78 is 21.0. The molecule has 6 rings (SSSR count). The van der Waals surface area contributed by atoms with Crippen molar-refractivity contribution in [1.82, 2.24) is 14.5 Å². The SMILES string of the molecule is Cc1nc(Nc2ccccc2)c2c(-c3ccccc3)cn([C@@H]3O[C@H](C)[C@H]4OC(C)(C)O[C@H]43)c2n1. The Morgan fingerprint density at radius 1 is 0.912 bits per heavy atom.